The van der Waals surface area contributed by atoms with E-state index in [4.69, 9.17) is 4.98 Å². The molecule has 1 aromatic heterocycles. The summed E-state index contributed by atoms with van der Waals surface area (Å²) in [7, 11) is 2.06. The minimum Gasteiger partial charge on any atom is -0.308 e. The Balaban J connectivity index is 2.40. The van der Waals surface area contributed by atoms with Gasteiger partial charge in [-0.1, -0.05) is 13.8 Å². The fraction of sp³-hybridized carbons (Fsp3) is 0.769. The summed E-state index contributed by atoms with van der Waals surface area (Å²) in [5, 5.41) is 4.78. The molecule has 0 amide bonds. The maximum absolute atomic E-state index is 4.83. The number of nitrogens with zero attached hydrogens (tertiary/aromatic N) is 1. The van der Waals surface area contributed by atoms with Gasteiger partial charge in [0.05, 0.1) is 11.2 Å². The van der Waals surface area contributed by atoms with Crippen LogP contribution < -0.4 is 5.32 Å². The third kappa shape index (κ3) is 1.61. The fourth-order valence-electron chi connectivity index (χ4n) is 2.32. The number of hydrogen-bond acceptors (Lipinski definition) is 3. The lowest BCUT2D eigenvalue weighted by Crippen LogP contribution is -2.44. The molecule has 0 spiro atoms. The van der Waals surface area contributed by atoms with E-state index in [1.807, 2.05) is 11.3 Å². The molecule has 1 aliphatic carbocycles. The summed E-state index contributed by atoms with van der Waals surface area (Å²) in [5.41, 5.74) is 1.72. The Morgan fingerprint density at radius 3 is 2.50 bits per heavy atom. The molecule has 1 heterocycles. The zero-order valence-corrected chi connectivity index (χ0v) is 11.8. The Bertz CT molecular complexity index is 393. The molecule has 1 unspecified atom stereocenters. The van der Waals surface area contributed by atoms with Gasteiger partial charge in [0.25, 0.3) is 0 Å². The first-order valence-electron chi connectivity index (χ1n) is 6.12. The van der Waals surface area contributed by atoms with E-state index in [9.17, 15) is 0 Å². The average molecular weight is 238 g/mol. The molecule has 0 radical (unpaired) electrons. The number of aromatic nitrogens is 1. The van der Waals surface area contributed by atoms with E-state index >= 15 is 0 Å². The van der Waals surface area contributed by atoms with Crippen molar-refractivity contribution >= 4 is 11.3 Å². The predicted molar refractivity (Wildman–Crippen MR) is 70.0 cm³/mol. The number of hydrogen-bond donors (Lipinski definition) is 1. The summed E-state index contributed by atoms with van der Waals surface area (Å²) in [6, 6.07) is 0. The number of aryl methyl sites for hydroxylation is 2. The van der Waals surface area contributed by atoms with Crippen LogP contribution >= 0.6 is 11.3 Å². The lowest BCUT2D eigenvalue weighted by Gasteiger charge is -2.34. The normalized spacial score (nSPS) is 21.8. The Labute approximate surface area is 102 Å². The molecule has 1 aliphatic rings. The fourth-order valence-corrected chi connectivity index (χ4v) is 3.63. The standard InChI is InChI=1S/C13H22N2S/c1-6-10-9(2)16-11(15-10)13(4,14-5)12(3)7-8-12/h14H,6-8H2,1-5H3. The minimum atomic E-state index is 0.0514. The van der Waals surface area contributed by atoms with Gasteiger partial charge in [-0.2, -0.15) is 0 Å². The van der Waals surface area contributed by atoms with Gasteiger partial charge in [-0.3, -0.25) is 0 Å². The highest BCUT2D eigenvalue weighted by Crippen LogP contribution is 2.58. The van der Waals surface area contributed by atoms with Gasteiger partial charge in [0, 0.05) is 4.88 Å². The molecular formula is C13H22N2S. The minimum absolute atomic E-state index is 0.0514. The molecule has 1 aromatic rings. The van der Waals surface area contributed by atoms with E-state index in [1.165, 1.54) is 28.4 Å². The molecular weight excluding hydrogens is 216 g/mol. The highest BCUT2D eigenvalue weighted by molar-refractivity contribution is 7.11. The van der Waals surface area contributed by atoms with Crippen LogP contribution in [0.4, 0.5) is 0 Å². The van der Waals surface area contributed by atoms with Crippen molar-refractivity contribution in [2.45, 2.75) is 52.5 Å². The highest BCUT2D eigenvalue weighted by atomic mass is 32.1. The zero-order valence-electron chi connectivity index (χ0n) is 11.0. The largest absolute Gasteiger partial charge is 0.308 e. The predicted octanol–water partition coefficient (Wildman–Crippen LogP) is 3.25. The van der Waals surface area contributed by atoms with Gasteiger partial charge in [-0.15, -0.1) is 11.3 Å². The van der Waals surface area contributed by atoms with Crippen LogP contribution in [0.2, 0.25) is 0 Å². The van der Waals surface area contributed by atoms with Gasteiger partial charge in [0.1, 0.15) is 5.01 Å². The van der Waals surface area contributed by atoms with Crippen molar-refractivity contribution in [3.63, 3.8) is 0 Å². The molecule has 0 aromatic carbocycles. The molecule has 0 aliphatic heterocycles. The highest BCUT2D eigenvalue weighted by Gasteiger charge is 2.54. The summed E-state index contributed by atoms with van der Waals surface area (Å²) in [6.45, 7) is 9.04. The SMILES string of the molecule is CCc1nc(C(C)(NC)C2(C)CC2)sc1C. The van der Waals surface area contributed by atoms with Crippen molar-refractivity contribution in [2.24, 2.45) is 5.41 Å². The quantitative estimate of drug-likeness (QED) is 0.871. The number of nitrogens with one attached hydrogen (secondary N) is 1. The van der Waals surface area contributed by atoms with Crippen molar-refractivity contribution in [3.05, 3.63) is 15.6 Å². The van der Waals surface area contributed by atoms with Crippen LogP contribution in [0.3, 0.4) is 0 Å². The second-order valence-electron chi connectivity index (χ2n) is 5.31. The lowest BCUT2D eigenvalue weighted by atomic mass is 9.84. The van der Waals surface area contributed by atoms with Crippen LogP contribution in [0.5, 0.6) is 0 Å². The molecule has 1 N–H and O–H groups in total. The van der Waals surface area contributed by atoms with Crippen LogP contribution in [0.25, 0.3) is 0 Å². The van der Waals surface area contributed by atoms with Crippen molar-refractivity contribution in [3.8, 4) is 0 Å². The Hall–Kier alpha value is -0.410. The van der Waals surface area contributed by atoms with E-state index in [2.05, 4.69) is 40.1 Å². The molecule has 1 fully saturated rings. The molecule has 1 saturated carbocycles. The van der Waals surface area contributed by atoms with Gasteiger partial charge in [0.15, 0.2) is 0 Å². The van der Waals surface area contributed by atoms with Crippen molar-refractivity contribution in [1.29, 1.82) is 0 Å². The smallest absolute Gasteiger partial charge is 0.114 e. The molecule has 90 valence electrons. The lowest BCUT2D eigenvalue weighted by molar-refractivity contribution is 0.243. The van der Waals surface area contributed by atoms with Gasteiger partial charge < -0.3 is 5.32 Å². The first-order valence-corrected chi connectivity index (χ1v) is 6.94. The second-order valence-corrected chi connectivity index (χ2v) is 6.51. The van der Waals surface area contributed by atoms with E-state index in [1.54, 1.807) is 0 Å². The Morgan fingerprint density at radius 2 is 2.12 bits per heavy atom. The monoisotopic (exact) mass is 238 g/mol. The topological polar surface area (TPSA) is 24.9 Å². The second kappa shape index (κ2) is 3.81. The van der Waals surface area contributed by atoms with Crippen molar-refractivity contribution < 1.29 is 0 Å². The van der Waals surface area contributed by atoms with Gasteiger partial charge in [-0.25, -0.2) is 4.98 Å². The number of rotatable bonds is 4. The molecule has 1 atom stereocenters. The summed E-state index contributed by atoms with van der Waals surface area (Å²) in [6.07, 6.45) is 3.66. The Kier molecular flexibility index (Phi) is 2.87. The molecule has 0 saturated heterocycles. The van der Waals surface area contributed by atoms with Gasteiger partial charge in [0.2, 0.25) is 0 Å². The summed E-state index contributed by atoms with van der Waals surface area (Å²) in [4.78, 5) is 6.21. The summed E-state index contributed by atoms with van der Waals surface area (Å²) in [5.74, 6) is 0. The first kappa shape index (κ1) is 12.1. The molecule has 3 heteroatoms. The van der Waals surface area contributed by atoms with Crippen molar-refractivity contribution in [2.75, 3.05) is 7.05 Å². The first-order chi connectivity index (χ1) is 7.47. The van der Waals surface area contributed by atoms with Crippen LogP contribution in [-0.4, -0.2) is 12.0 Å². The summed E-state index contributed by atoms with van der Waals surface area (Å²) < 4.78 is 0. The van der Waals surface area contributed by atoms with Crippen LogP contribution in [0, 0.1) is 12.3 Å². The molecule has 2 nitrogen and oxygen atoms in total. The van der Waals surface area contributed by atoms with Crippen LogP contribution in [0.15, 0.2) is 0 Å². The third-order valence-corrected chi connectivity index (χ3v) is 5.60. The maximum Gasteiger partial charge on any atom is 0.114 e. The maximum atomic E-state index is 4.83. The van der Waals surface area contributed by atoms with Crippen molar-refractivity contribution in [1.82, 2.24) is 10.3 Å². The summed E-state index contributed by atoms with van der Waals surface area (Å²) >= 11 is 1.86. The molecule has 2 rings (SSSR count). The van der Waals surface area contributed by atoms with Gasteiger partial charge in [-0.05, 0) is 45.6 Å². The van der Waals surface area contributed by atoms with E-state index in [0.717, 1.165) is 6.42 Å². The van der Waals surface area contributed by atoms with Crippen LogP contribution in [0.1, 0.15) is 49.2 Å². The van der Waals surface area contributed by atoms with E-state index in [0.29, 0.717) is 5.41 Å². The molecule has 0 bridgehead atoms. The average Bonchev–Trinajstić information content (AvgIpc) is 2.91. The Morgan fingerprint density at radius 1 is 1.50 bits per heavy atom. The van der Waals surface area contributed by atoms with E-state index < -0.39 is 0 Å². The zero-order chi connectivity index (χ0) is 12.0. The number of thiazole rings is 1. The molecule has 16 heavy (non-hydrogen) atoms. The van der Waals surface area contributed by atoms with E-state index in [-0.39, 0.29) is 5.54 Å². The van der Waals surface area contributed by atoms with Gasteiger partial charge >= 0.3 is 0 Å². The third-order valence-electron chi connectivity index (χ3n) is 4.36. The van der Waals surface area contributed by atoms with Crippen LogP contribution in [-0.2, 0) is 12.0 Å².